The predicted molar refractivity (Wildman–Crippen MR) is 87.2 cm³/mol. The number of benzene rings is 2. The summed E-state index contributed by atoms with van der Waals surface area (Å²) in [6.45, 7) is 2.62. The van der Waals surface area contributed by atoms with Gasteiger partial charge in [-0.25, -0.2) is 4.39 Å². The zero-order chi connectivity index (χ0) is 15.2. The first kappa shape index (κ1) is 16.0. The summed E-state index contributed by atoms with van der Waals surface area (Å²) in [6.07, 6.45) is 0.711. The molecule has 2 aromatic rings. The molecule has 0 spiro atoms. The minimum absolute atomic E-state index is 0.124. The van der Waals surface area contributed by atoms with E-state index in [0.717, 1.165) is 21.3 Å². The van der Waals surface area contributed by atoms with E-state index in [-0.39, 0.29) is 11.9 Å². The molecule has 0 aliphatic carbocycles. The normalized spacial score (nSPS) is 12.2. The van der Waals surface area contributed by atoms with E-state index in [1.54, 1.807) is 12.1 Å². The molecule has 1 N–H and O–H groups in total. The van der Waals surface area contributed by atoms with E-state index in [9.17, 15) is 4.39 Å². The fourth-order valence-corrected chi connectivity index (χ4v) is 2.68. The van der Waals surface area contributed by atoms with Crippen molar-refractivity contribution in [2.45, 2.75) is 19.4 Å². The molecular formula is C17H19BrFNO. The zero-order valence-electron chi connectivity index (χ0n) is 12.2. The second-order valence-electron chi connectivity index (χ2n) is 4.78. The molecule has 112 valence electrons. The Morgan fingerprint density at radius 3 is 2.52 bits per heavy atom. The number of halogens is 2. The lowest BCUT2D eigenvalue weighted by Gasteiger charge is -2.18. The van der Waals surface area contributed by atoms with Crippen LogP contribution in [0.5, 0.6) is 5.75 Å². The highest BCUT2D eigenvalue weighted by molar-refractivity contribution is 9.10. The molecule has 0 saturated heterocycles. The van der Waals surface area contributed by atoms with E-state index in [0.29, 0.717) is 13.0 Å². The minimum atomic E-state index is -0.213. The molecule has 1 unspecified atom stereocenters. The Labute approximate surface area is 133 Å². The molecule has 0 aliphatic heterocycles. The largest absolute Gasteiger partial charge is 0.494 e. The van der Waals surface area contributed by atoms with Gasteiger partial charge in [0.2, 0.25) is 0 Å². The zero-order valence-corrected chi connectivity index (χ0v) is 13.8. The van der Waals surface area contributed by atoms with Gasteiger partial charge in [-0.05, 0) is 61.9 Å². The molecule has 21 heavy (non-hydrogen) atoms. The number of rotatable bonds is 6. The van der Waals surface area contributed by atoms with Crippen molar-refractivity contribution >= 4 is 15.9 Å². The van der Waals surface area contributed by atoms with Gasteiger partial charge in [0.05, 0.1) is 6.61 Å². The molecule has 0 heterocycles. The van der Waals surface area contributed by atoms with Gasteiger partial charge in [-0.3, -0.25) is 0 Å². The summed E-state index contributed by atoms with van der Waals surface area (Å²) in [5.41, 5.74) is 2.10. The summed E-state index contributed by atoms with van der Waals surface area (Å²) in [6, 6.07) is 12.9. The van der Waals surface area contributed by atoms with Gasteiger partial charge in [-0.1, -0.05) is 28.1 Å². The van der Waals surface area contributed by atoms with Crippen LogP contribution in [0.15, 0.2) is 46.9 Å². The second kappa shape index (κ2) is 7.57. The van der Waals surface area contributed by atoms with Crippen molar-refractivity contribution in [1.82, 2.24) is 5.32 Å². The van der Waals surface area contributed by atoms with Crippen molar-refractivity contribution in [2.24, 2.45) is 0 Å². The topological polar surface area (TPSA) is 21.3 Å². The van der Waals surface area contributed by atoms with Gasteiger partial charge in [0.1, 0.15) is 11.6 Å². The smallest absolute Gasteiger partial charge is 0.123 e. The summed E-state index contributed by atoms with van der Waals surface area (Å²) in [4.78, 5) is 0. The highest BCUT2D eigenvalue weighted by atomic mass is 79.9. The van der Waals surface area contributed by atoms with E-state index < -0.39 is 0 Å². The van der Waals surface area contributed by atoms with Gasteiger partial charge >= 0.3 is 0 Å². The molecule has 0 radical (unpaired) electrons. The number of hydrogen-bond donors (Lipinski definition) is 1. The van der Waals surface area contributed by atoms with Crippen LogP contribution in [0.4, 0.5) is 4.39 Å². The van der Waals surface area contributed by atoms with Crippen LogP contribution < -0.4 is 10.1 Å². The highest BCUT2D eigenvalue weighted by Gasteiger charge is 2.13. The van der Waals surface area contributed by atoms with E-state index in [2.05, 4.69) is 21.2 Å². The van der Waals surface area contributed by atoms with Gasteiger partial charge in [0, 0.05) is 10.5 Å². The SMILES string of the molecule is CCOc1ccc(C(Cc2cc(F)ccc2Br)NC)cc1. The molecule has 0 aliphatic rings. The molecule has 4 heteroatoms. The molecule has 0 aromatic heterocycles. The first-order valence-electron chi connectivity index (χ1n) is 6.98. The molecule has 0 bridgehead atoms. The van der Waals surface area contributed by atoms with Gasteiger partial charge in [0.15, 0.2) is 0 Å². The van der Waals surface area contributed by atoms with Gasteiger partial charge in [0.25, 0.3) is 0 Å². The first-order valence-corrected chi connectivity index (χ1v) is 7.77. The van der Waals surface area contributed by atoms with Crippen LogP contribution in [0.25, 0.3) is 0 Å². The van der Waals surface area contributed by atoms with Gasteiger partial charge in [-0.2, -0.15) is 0 Å². The molecule has 0 fully saturated rings. The van der Waals surface area contributed by atoms with Crippen molar-refractivity contribution in [3.05, 3.63) is 63.9 Å². The fraction of sp³-hybridized carbons (Fsp3) is 0.294. The van der Waals surface area contributed by atoms with E-state index >= 15 is 0 Å². The summed E-state index contributed by atoms with van der Waals surface area (Å²) in [7, 11) is 1.91. The van der Waals surface area contributed by atoms with Crippen molar-refractivity contribution in [2.75, 3.05) is 13.7 Å². The van der Waals surface area contributed by atoms with E-state index in [4.69, 9.17) is 4.74 Å². The maximum Gasteiger partial charge on any atom is 0.123 e. The Bertz CT molecular complexity index is 586. The number of likely N-dealkylation sites (N-methyl/N-ethyl adjacent to an activating group) is 1. The lowest BCUT2D eigenvalue weighted by atomic mass is 9.99. The lowest BCUT2D eigenvalue weighted by Crippen LogP contribution is -2.19. The van der Waals surface area contributed by atoms with Crippen LogP contribution in [0.2, 0.25) is 0 Å². The average molecular weight is 352 g/mol. The molecule has 2 aromatic carbocycles. The van der Waals surface area contributed by atoms with Gasteiger partial charge < -0.3 is 10.1 Å². The van der Waals surface area contributed by atoms with Crippen LogP contribution in [-0.4, -0.2) is 13.7 Å². The lowest BCUT2D eigenvalue weighted by molar-refractivity contribution is 0.340. The molecule has 0 saturated carbocycles. The fourth-order valence-electron chi connectivity index (χ4n) is 2.27. The quantitative estimate of drug-likeness (QED) is 0.827. The summed E-state index contributed by atoms with van der Waals surface area (Å²) < 4.78 is 19.8. The van der Waals surface area contributed by atoms with Crippen LogP contribution in [-0.2, 0) is 6.42 Å². The summed E-state index contributed by atoms with van der Waals surface area (Å²) in [5, 5.41) is 3.28. The first-order chi connectivity index (χ1) is 10.1. The summed E-state index contributed by atoms with van der Waals surface area (Å²) in [5.74, 6) is 0.651. The van der Waals surface area contributed by atoms with Crippen LogP contribution >= 0.6 is 15.9 Å². The van der Waals surface area contributed by atoms with E-state index in [1.165, 1.54) is 6.07 Å². The molecule has 0 amide bonds. The number of hydrogen-bond acceptors (Lipinski definition) is 2. The van der Waals surface area contributed by atoms with Crippen LogP contribution in [0.3, 0.4) is 0 Å². The van der Waals surface area contributed by atoms with Crippen molar-refractivity contribution in [1.29, 1.82) is 0 Å². The standard InChI is InChI=1S/C17H19BrFNO/c1-3-21-15-7-4-12(5-8-15)17(20-2)11-13-10-14(19)6-9-16(13)18/h4-10,17,20H,3,11H2,1-2H3. The Morgan fingerprint density at radius 2 is 1.90 bits per heavy atom. The van der Waals surface area contributed by atoms with Crippen molar-refractivity contribution in [3.63, 3.8) is 0 Å². The third-order valence-electron chi connectivity index (χ3n) is 3.37. The molecule has 2 rings (SSSR count). The third-order valence-corrected chi connectivity index (χ3v) is 4.15. The van der Waals surface area contributed by atoms with Crippen LogP contribution in [0, 0.1) is 5.82 Å². The third kappa shape index (κ3) is 4.29. The number of nitrogens with one attached hydrogen (secondary N) is 1. The molecule has 2 nitrogen and oxygen atoms in total. The Morgan fingerprint density at radius 1 is 1.19 bits per heavy atom. The minimum Gasteiger partial charge on any atom is -0.494 e. The Kier molecular flexibility index (Phi) is 5.76. The van der Waals surface area contributed by atoms with Gasteiger partial charge in [-0.15, -0.1) is 0 Å². The monoisotopic (exact) mass is 351 g/mol. The van der Waals surface area contributed by atoms with E-state index in [1.807, 2.05) is 38.2 Å². The van der Waals surface area contributed by atoms with Crippen molar-refractivity contribution in [3.8, 4) is 5.75 Å². The van der Waals surface area contributed by atoms with Crippen LogP contribution in [0.1, 0.15) is 24.1 Å². The maximum absolute atomic E-state index is 13.4. The predicted octanol–water partition coefficient (Wildman–Crippen LogP) is 4.49. The Balaban J connectivity index is 2.17. The Hall–Kier alpha value is -1.39. The average Bonchev–Trinajstić information content (AvgIpc) is 2.49. The highest BCUT2D eigenvalue weighted by Crippen LogP contribution is 2.25. The molecular weight excluding hydrogens is 333 g/mol. The second-order valence-corrected chi connectivity index (χ2v) is 5.64. The number of ether oxygens (including phenoxy) is 1. The maximum atomic E-state index is 13.4. The van der Waals surface area contributed by atoms with Crippen molar-refractivity contribution < 1.29 is 9.13 Å². The summed E-state index contributed by atoms with van der Waals surface area (Å²) >= 11 is 3.48. The molecule has 1 atom stereocenters.